The molecular weight excluding hydrogens is 348 g/mol. The van der Waals surface area contributed by atoms with Crippen molar-refractivity contribution in [1.82, 2.24) is 15.1 Å². The van der Waals surface area contributed by atoms with Crippen molar-refractivity contribution in [3.63, 3.8) is 0 Å². The topological polar surface area (TPSA) is 122 Å². The second-order valence-corrected chi connectivity index (χ2v) is 5.73. The molecule has 0 aliphatic heterocycles. The molecule has 0 radical (unpaired) electrons. The number of aromatic nitrogens is 2. The standard InChI is InChI=1S/C19H18N4O4/c1-27-15-8-6-14(7-9-15)23-17(10-16(22-23)18(20)24)13-4-2-12(3-5-13)11-21-19(25)26/h2-10,21H,11H2,1H3,(H2,20,24)(H,25,26)/p-1. The number of nitrogens with one attached hydrogen (secondary N) is 1. The summed E-state index contributed by atoms with van der Waals surface area (Å²) in [6, 6.07) is 16.0. The van der Waals surface area contributed by atoms with Gasteiger partial charge in [0.25, 0.3) is 5.91 Å². The highest BCUT2D eigenvalue weighted by molar-refractivity contribution is 5.92. The van der Waals surface area contributed by atoms with E-state index in [1.165, 1.54) is 0 Å². The maximum atomic E-state index is 11.6. The first kappa shape index (κ1) is 18.0. The highest BCUT2D eigenvalue weighted by atomic mass is 16.5. The maximum Gasteiger partial charge on any atom is 0.269 e. The molecule has 0 saturated carbocycles. The van der Waals surface area contributed by atoms with E-state index in [0.717, 1.165) is 16.8 Å². The molecule has 1 aromatic heterocycles. The van der Waals surface area contributed by atoms with Crippen molar-refractivity contribution < 1.29 is 19.4 Å². The number of methoxy groups -OCH3 is 1. The van der Waals surface area contributed by atoms with E-state index >= 15 is 0 Å². The summed E-state index contributed by atoms with van der Waals surface area (Å²) in [7, 11) is 1.58. The Hall–Kier alpha value is -3.81. The van der Waals surface area contributed by atoms with E-state index in [1.807, 2.05) is 24.3 Å². The van der Waals surface area contributed by atoms with Crippen LogP contribution in [0.2, 0.25) is 0 Å². The third kappa shape index (κ3) is 4.06. The molecular formula is C19H17N4O4-. The summed E-state index contributed by atoms with van der Waals surface area (Å²) >= 11 is 0. The van der Waals surface area contributed by atoms with E-state index < -0.39 is 12.0 Å². The zero-order chi connectivity index (χ0) is 19.4. The summed E-state index contributed by atoms with van der Waals surface area (Å²) in [6.45, 7) is 0.146. The molecule has 138 valence electrons. The van der Waals surface area contributed by atoms with Gasteiger partial charge < -0.3 is 25.7 Å². The first-order chi connectivity index (χ1) is 13.0. The van der Waals surface area contributed by atoms with Crippen molar-refractivity contribution in [3.8, 4) is 22.7 Å². The van der Waals surface area contributed by atoms with Crippen molar-refractivity contribution >= 4 is 12.0 Å². The van der Waals surface area contributed by atoms with Gasteiger partial charge in [-0.2, -0.15) is 5.10 Å². The SMILES string of the molecule is COc1ccc(-n2nc(C(N)=O)cc2-c2ccc(CNC(=O)[O-])cc2)cc1. The van der Waals surface area contributed by atoms with Crippen LogP contribution >= 0.6 is 0 Å². The number of ether oxygens (including phenoxy) is 1. The van der Waals surface area contributed by atoms with Crippen molar-refractivity contribution in [2.24, 2.45) is 5.73 Å². The Bertz CT molecular complexity index is 962. The quantitative estimate of drug-likeness (QED) is 0.677. The van der Waals surface area contributed by atoms with E-state index in [1.54, 1.807) is 42.1 Å². The fourth-order valence-corrected chi connectivity index (χ4v) is 2.59. The number of benzene rings is 2. The van der Waals surface area contributed by atoms with E-state index in [2.05, 4.69) is 10.4 Å². The molecule has 1 heterocycles. The van der Waals surface area contributed by atoms with E-state index in [0.29, 0.717) is 11.4 Å². The molecule has 27 heavy (non-hydrogen) atoms. The minimum absolute atomic E-state index is 0.142. The molecule has 0 bridgehead atoms. The fourth-order valence-electron chi connectivity index (χ4n) is 2.59. The van der Waals surface area contributed by atoms with Gasteiger partial charge in [-0.1, -0.05) is 24.3 Å². The van der Waals surface area contributed by atoms with Crippen molar-refractivity contribution in [2.45, 2.75) is 6.54 Å². The third-order valence-corrected chi connectivity index (χ3v) is 3.97. The number of hydrogen-bond acceptors (Lipinski definition) is 5. The second kappa shape index (κ2) is 7.61. The summed E-state index contributed by atoms with van der Waals surface area (Å²) < 4.78 is 6.78. The summed E-state index contributed by atoms with van der Waals surface area (Å²) in [4.78, 5) is 22.1. The number of carbonyl (C=O) groups excluding carboxylic acids is 2. The molecule has 0 fully saturated rings. The Morgan fingerprint density at radius 3 is 2.37 bits per heavy atom. The van der Waals surface area contributed by atoms with Gasteiger partial charge in [-0.15, -0.1) is 0 Å². The Labute approximate surface area is 155 Å². The molecule has 3 rings (SSSR count). The van der Waals surface area contributed by atoms with E-state index in [9.17, 15) is 14.7 Å². The molecule has 8 heteroatoms. The van der Waals surface area contributed by atoms with Crippen molar-refractivity contribution in [2.75, 3.05) is 7.11 Å². The normalized spacial score (nSPS) is 10.4. The van der Waals surface area contributed by atoms with Gasteiger partial charge in [-0.05, 0) is 35.9 Å². The second-order valence-electron chi connectivity index (χ2n) is 5.73. The van der Waals surface area contributed by atoms with E-state index in [4.69, 9.17) is 10.5 Å². The Kier molecular flexibility index (Phi) is 5.07. The van der Waals surface area contributed by atoms with Crippen LogP contribution in [0.15, 0.2) is 54.6 Å². The lowest BCUT2D eigenvalue weighted by atomic mass is 10.1. The van der Waals surface area contributed by atoms with Crippen LogP contribution in [0, 0.1) is 0 Å². The number of nitrogens with zero attached hydrogens (tertiary/aromatic N) is 2. The lowest BCUT2D eigenvalue weighted by Crippen LogP contribution is -2.35. The van der Waals surface area contributed by atoms with Crippen molar-refractivity contribution in [3.05, 3.63) is 65.9 Å². The number of amides is 2. The number of rotatable bonds is 6. The third-order valence-electron chi connectivity index (χ3n) is 3.97. The largest absolute Gasteiger partial charge is 0.530 e. The maximum absolute atomic E-state index is 11.6. The van der Waals surface area contributed by atoms with E-state index in [-0.39, 0.29) is 12.2 Å². The first-order valence-corrected chi connectivity index (χ1v) is 8.06. The molecule has 0 unspecified atom stereocenters. The lowest BCUT2D eigenvalue weighted by Gasteiger charge is -2.10. The van der Waals surface area contributed by atoms with Crippen molar-refractivity contribution in [1.29, 1.82) is 0 Å². The van der Waals surface area contributed by atoms with Crippen LogP contribution in [0.25, 0.3) is 16.9 Å². The summed E-state index contributed by atoms with van der Waals surface area (Å²) in [5.74, 6) is 0.0747. The number of hydrogen-bond donors (Lipinski definition) is 2. The molecule has 0 aliphatic rings. The van der Waals surface area contributed by atoms with Crippen LogP contribution in [0.3, 0.4) is 0 Å². The Morgan fingerprint density at radius 1 is 1.15 bits per heavy atom. The van der Waals surface area contributed by atoms with Gasteiger partial charge in [0, 0.05) is 12.1 Å². The monoisotopic (exact) mass is 365 g/mol. The average Bonchev–Trinajstić information content (AvgIpc) is 3.12. The van der Waals surface area contributed by atoms with Crippen LogP contribution in [-0.2, 0) is 6.54 Å². The van der Waals surface area contributed by atoms with Crippen LogP contribution in [0.5, 0.6) is 5.75 Å². The van der Waals surface area contributed by atoms with Crippen LogP contribution in [0.4, 0.5) is 4.79 Å². The predicted molar refractivity (Wildman–Crippen MR) is 96.3 cm³/mol. The molecule has 2 amide bonds. The highest BCUT2D eigenvalue weighted by Crippen LogP contribution is 2.25. The molecule has 8 nitrogen and oxygen atoms in total. The molecule has 2 aromatic carbocycles. The Balaban J connectivity index is 1.98. The summed E-state index contributed by atoms with van der Waals surface area (Å²) in [5.41, 5.74) is 8.51. The predicted octanol–water partition coefficient (Wildman–Crippen LogP) is 1.08. The molecule has 0 spiro atoms. The Morgan fingerprint density at radius 2 is 1.81 bits per heavy atom. The van der Waals surface area contributed by atoms with Gasteiger partial charge in [0.15, 0.2) is 5.69 Å². The van der Waals surface area contributed by atoms with Gasteiger partial charge in [0.2, 0.25) is 0 Å². The molecule has 0 aliphatic carbocycles. The number of carboxylic acid groups (broad SMARTS) is 1. The lowest BCUT2D eigenvalue weighted by molar-refractivity contribution is -0.251. The zero-order valence-electron chi connectivity index (χ0n) is 14.5. The molecule has 3 N–H and O–H groups in total. The van der Waals surface area contributed by atoms with Crippen LogP contribution in [0.1, 0.15) is 16.1 Å². The molecule has 3 aromatic rings. The minimum Gasteiger partial charge on any atom is -0.530 e. The van der Waals surface area contributed by atoms with Gasteiger partial charge in [0.1, 0.15) is 11.8 Å². The number of carbonyl (C=O) groups is 2. The smallest absolute Gasteiger partial charge is 0.269 e. The summed E-state index contributed by atoms with van der Waals surface area (Å²) in [6.07, 6.45) is -1.33. The van der Waals surface area contributed by atoms with Crippen LogP contribution in [-0.4, -0.2) is 28.9 Å². The minimum atomic E-state index is -1.33. The molecule has 0 saturated heterocycles. The van der Waals surface area contributed by atoms with Gasteiger partial charge >= 0.3 is 0 Å². The average molecular weight is 365 g/mol. The summed E-state index contributed by atoms with van der Waals surface area (Å²) in [5, 5.41) is 17.0. The molecule has 0 atom stereocenters. The van der Waals surface area contributed by atoms with Crippen LogP contribution < -0.4 is 20.9 Å². The first-order valence-electron chi connectivity index (χ1n) is 8.06. The van der Waals surface area contributed by atoms with Gasteiger partial charge in [0.05, 0.1) is 18.5 Å². The van der Waals surface area contributed by atoms with Gasteiger partial charge in [-0.3, -0.25) is 4.79 Å². The zero-order valence-corrected chi connectivity index (χ0v) is 14.5. The fraction of sp³-hybridized carbons (Fsp3) is 0.105. The van der Waals surface area contributed by atoms with Gasteiger partial charge in [-0.25, -0.2) is 4.68 Å². The number of nitrogens with two attached hydrogens (primary N) is 1. The number of primary amides is 1. The highest BCUT2D eigenvalue weighted by Gasteiger charge is 2.15.